The predicted octanol–water partition coefficient (Wildman–Crippen LogP) is 4.08. The number of rotatable bonds is 8. The van der Waals surface area contributed by atoms with Crippen molar-refractivity contribution in [2.75, 3.05) is 18.8 Å². The first-order valence-electron chi connectivity index (χ1n) is 6.38. The minimum atomic E-state index is -0.780. The minimum Gasteiger partial charge on any atom is -0.316 e. The van der Waals surface area contributed by atoms with Crippen LogP contribution in [0.4, 0.5) is 8.78 Å². The van der Waals surface area contributed by atoms with E-state index in [0.717, 1.165) is 36.6 Å². The molecule has 18 heavy (non-hydrogen) atoms. The average molecular weight is 273 g/mol. The Balaban J connectivity index is 2.09. The molecule has 0 aliphatic rings. The molecular weight excluding hydrogens is 252 g/mol. The van der Waals surface area contributed by atoms with Crippen LogP contribution in [-0.2, 0) is 0 Å². The summed E-state index contributed by atoms with van der Waals surface area (Å²) in [6.07, 6.45) is 2.19. The van der Waals surface area contributed by atoms with Crippen LogP contribution in [0.5, 0.6) is 0 Å². The van der Waals surface area contributed by atoms with Gasteiger partial charge < -0.3 is 5.32 Å². The summed E-state index contributed by atoms with van der Waals surface area (Å²) in [7, 11) is 0. The SMILES string of the molecule is CC(C)CNCCCCSc1ccc(F)c(F)c1. The van der Waals surface area contributed by atoms with Crippen LogP contribution in [0.25, 0.3) is 0 Å². The van der Waals surface area contributed by atoms with E-state index in [0.29, 0.717) is 5.92 Å². The van der Waals surface area contributed by atoms with Crippen LogP contribution in [0, 0.1) is 17.6 Å². The van der Waals surface area contributed by atoms with Crippen LogP contribution < -0.4 is 5.32 Å². The first kappa shape index (κ1) is 15.4. The van der Waals surface area contributed by atoms with Crippen LogP contribution in [-0.4, -0.2) is 18.8 Å². The molecule has 0 aromatic heterocycles. The van der Waals surface area contributed by atoms with Crippen molar-refractivity contribution < 1.29 is 8.78 Å². The van der Waals surface area contributed by atoms with E-state index >= 15 is 0 Å². The van der Waals surface area contributed by atoms with Crippen molar-refractivity contribution in [1.29, 1.82) is 0 Å². The molecule has 0 unspecified atom stereocenters. The van der Waals surface area contributed by atoms with Gasteiger partial charge in [-0.3, -0.25) is 0 Å². The van der Waals surface area contributed by atoms with Gasteiger partial charge in [-0.1, -0.05) is 13.8 Å². The Morgan fingerprint density at radius 3 is 2.61 bits per heavy atom. The van der Waals surface area contributed by atoms with Gasteiger partial charge in [-0.25, -0.2) is 8.78 Å². The molecule has 0 fully saturated rings. The van der Waals surface area contributed by atoms with Crippen molar-refractivity contribution in [3.05, 3.63) is 29.8 Å². The molecule has 0 aliphatic carbocycles. The van der Waals surface area contributed by atoms with Gasteiger partial charge in [-0.15, -0.1) is 11.8 Å². The zero-order valence-electron chi connectivity index (χ0n) is 11.0. The van der Waals surface area contributed by atoms with Crippen LogP contribution in [0.15, 0.2) is 23.1 Å². The Hall–Kier alpha value is -0.610. The molecule has 1 N–H and O–H groups in total. The van der Waals surface area contributed by atoms with Crippen LogP contribution in [0.1, 0.15) is 26.7 Å². The lowest BCUT2D eigenvalue weighted by Crippen LogP contribution is -2.20. The van der Waals surface area contributed by atoms with Crippen molar-refractivity contribution in [3.8, 4) is 0 Å². The van der Waals surface area contributed by atoms with Crippen LogP contribution >= 0.6 is 11.8 Å². The van der Waals surface area contributed by atoms with E-state index in [1.54, 1.807) is 17.8 Å². The zero-order chi connectivity index (χ0) is 13.4. The maximum absolute atomic E-state index is 12.9. The fourth-order valence-electron chi connectivity index (χ4n) is 1.50. The molecule has 1 rings (SSSR count). The standard InChI is InChI=1S/C14H21F2NS/c1-11(2)10-17-7-3-4-8-18-12-5-6-13(15)14(16)9-12/h5-6,9,11,17H,3-4,7-8,10H2,1-2H3. The summed E-state index contributed by atoms with van der Waals surface area (Å²) < 4.78 is 25.6. The Labute approximate surface area is 112 Å². The van der Waals surface area contributed by atoms with Crippen molar-refractivity contribution >= 4 is 11.8 Å². The van der Waals surface area contributed by atoms with E-state index in [9.17, 15) is 8.78 Å². The third kappa shape index (κ3) is 6.36. The summed E-state index contributed by atoms with van der Waals surface area (Å²) in [5.41, 5.74) is 0. The second-order valence-electron chi connectivity index (χ2n) is 4.73. The van der Waals surface area contributed by atoms with Gasteiger partial charge in [0.15, 0.2) is 11.6 Å². The van der Waals surface area contributed by atoms with Gasteiger partial charge >= 0.3 is 0 Å². The lowest BCUT2D eigenvalue weighted by molar-refractivity contribution is 0.506. The number of unbranched alkanes of at least 4 members (excludes halogenated alkanes) is 1. The maximum Gasteiger partial charge on any atom is 0.159 e. The lowest BCUT2D eigenvalue weighted by Gasteiger charge is -2.07. The summed E-state index contributed by atoms with van der Waals surface area (Å²) in [6, 6.07) is 4.07. The molecule has 0 amide bonds. The lowest BCUT2D eigenvalue weighted by atomic mass is 10.2. The number of hydrogen-bond donors (Lipinski definition) is 1. The van der Waals surface area contributed by atoms with Gasteiger partial charge in [0.25, 0.3) is 0 Å². The monoisotopic (exact) mass is 273 g/mol. The Morgan fingerprint density at radius 2 is 1.94 bits per heavy atom. The van der Waals surface area contributed by atoms with E-state index in [2.05, 4.69) is 19.2 Å². The second-order valence-corrected chi connectivity index (χ2v) is 5.90. The average Bonchev–Trinajstić information content (AvgIpc) is 2.32. The smallest absolute Gasteiger partial charge is 0.159 e. The molecule has 0 atom stereocenters. The highest BCUT2D eigenvalue weighted by atomic mass is 32.2. The first-order chi connectivity index (χ1) is 8.59. The van der Waals surface area contributed by atoms with Crippen molar-refractivity contribution in [3.63, 3.8) is 0 Å². The highest BCUT2D eigenvalue weighted by Gasteiger charge is 2.02. The third-order valence-electron chi connectivity index (χ3n) is 2.46. The molecule has 0 radical (unpaired) electrons. The van der Waals surface area contributed by atoms with Gasteiger partial charge in [0, 0.05) is 4.90 Å². The van der Waals surface area contributed by atoms with E-state index in [4.69, 9.17) is 0 Å². The summed E-state index contributed by atoms with van der Waals surface area (Å²) >= 11 is 1.57. The summed E-state index contributed by atoms with van der Waals surface area (Å²) in [5.74, 6) is 0.0754. The molecule has 1 aromatic rings. The summed E-state index contributed by atoms with van der Waals surface area (Å²) in [4.78, 5) is 0.795. The quantitative estimate of drug-likeness (QED) is 0.566. The van der Waals surface area contributed by atoms with Crippen molar-refractivity contribution in [2.45, 2.75) is 31.6 Å². The second kappa shape index (κ2) is 8.48. The van der Waals surface area contributed by atoms with E-state index in [1.165, 1.54) is 12.1 Å². The summed E-state index contributed by atoms with van der Waals surface area (Å²) in [5, 5.41) is 3.38. The zero-order valence-corrected chi connectivity index (χ0v) is 11.8. The van der Waals surface area contributed by atoms with Gasteiger partial charge in [-0.05, 0) is 55.8 Å². The van der Waals surface area contributed by atoms with E-state index in [1.807, 2.05) is 0 Å². The van der Waals surface area contributed by atoms with Crippen LogP contribution in [0.2, 0.25) is 0 Å². The maximum atomic E-state index is 12.9. The number of nitrogens with one attached hydrogen (secondary N) is 1. The third-order valence-corrected chi connectivity index (χ3v) is 3.54. The van der Waals surface area contributed by atoms with Crippen molar-refractivity contribution in [2.24, 2.45) is 5.92 Å². The van der Waals surface area contributed by atoms with Gasteiger partial charge in [-0.2, -0.15) is 0 Å². The highest BCUT2D eigenvalue weighted by molar-refractivity contribution is 7.99. The molecule has 0 saturated heterocycles. The molecular formula is C14H21F2NS. The van der Waals surface area contributed by atoms with Gasteiger partial charge in [0.1, 0.15) is 0 Å². The first-order valence-corrected chi connectivity index (χ1v) is 7.36. The fraction of sp³-hybridized carbons (Fsp3) is 0.571. The molecule has 0 heterocycles. The predicted molar refractivity (Wildman–Crippen MR) is 74.0 cm³/mol. The number of thioether (sulfide) groups is 1. The molecule has 4 heteroatoms. The topological polar surface area (TPSA) is 12.0 Å². The molecule has 0 bridgehead atoms. The molecule has 0 spiro atoms. The largest absolute Gasteiger partial charge is 0.316 e. The number of hydrogen-bond acceptors (Lipinski definition) is 2. The molecule has 1 nitrogen and oxygen atoms in total. The Morgan fingerprint density at radius 1 is 1.17 bits per heavy atom. The molecule has 0 saturated carbocycles. The molecule has 1 aromatic carbocycles. The van der Waals surface area contributed by atoms with Crippen molar-refractivity contribution in [1.82, 2.24) is 5.32 Å². The fourth-order valence-corrected chi connectivity index (χ4v) is 2.43. The normalized spacial score (nSPS) is 11.2. The van der Waals surface area contributed by atoms with E-state index < -0.39 is 11.6 Å². The number of benzene rings is 1. The van der Waals surface area contributed by atoms with Gasteiger partial charge in [0.2, 0.25) is 0 Å². The molecule has 102 valence electrons. The van der Waals surface area contributed by atoms with Gasteiger partial charge in [0.05, 0.1) is 0 Å². The Kier molecular flexibility index (Phi) is 7.28. The van der Waals surface area contributed by atoms with E-state index in [-0.39, 0.29) is 0 Å². The summed E-state index contributed by atoms with van der Waals surface area (Å²) in [6.45, 7) is 6.45. The Bertz CT molecular complexity index is 356. The molecule has 0 aliphatic heterocycles. The minimum absolute atomic E-state index is 0.682. The van der Waals surface area contributed by atoms with Crippen LogP contribution in [0.3, 0.4) is 0 Å². The highest BCUT2D eigenvalue weighted by Crippen LogP contribution is 2.21. The number of halogens is 2.